The number of hydrogen-bond donors (Lipinski definition) is 2. The molecule has 1 aromatic heterocycles. The van der Waals surface area contributed by atoms with E-state index in [0.717, 1.165) is 22.2 Å². The van der Waals surface area contributed by atoms with Gasteiger partial charge >= 0.3 is 0 Å². The van der Waals surface area contributed by atoms with E-state index in [-0.39, 0.29) is 18.6 Å². The van der Waals surface area contributed by atoms with Gasteiger partial charge in [0.1, 0.15) is 0 Å². The summed E-state index contributed by atoms with van der Waals surface area (Å²) in [4.78, 5) is 17.5. The number of amides is 1. The van der Waals surface area contributed by atoms with Crippen LogP contribution in [0.15, 0.2) is 54.6 Å². The Balaban J connectivity index is 2.09. The summed E-state index contributed by atoms with van der Waals surface area (Å²) in [6, 6.07) is 17.3. The number of nitrogens with one attached hydrogen (secondary N) is 1. The lowest BCUT2D eigenvalue weighted by atomic mass is 10.0. The van der Waals surface area contributed by atoms with E-state index in [9.17, 15) is 9.90 Å². The van der Waals surface area contributed by atoms with Crippen molar-refractivity contribution in [1.29, 1.82) is 0 Å². The first-order valence-electron chi connectivity index (χ1n) is 8.51. The smallest absolute Gasteiger partial charge is 0.252 e. The van der Waals surface area contributed by atoms with E-state index in [0.29, 0.717) is 12.0 Å². The van der Waals surface area contributed by atoms with E-state index >= 15 is 0 Å². The van der Waals surface area contributed by atoms with Gasteiger partial charge in [-0.25, -0.2) is 4.98 Å². The lowest BCUT2D eigenvalue weighted by Crippen LogP contribution is -2.37. The first-order chi connectivity index (χ1) is 12.1. The quantitative estimate of drug-likeness (QED) is 0.748. The predicted molar refractivity (Wildman–Crippen MR) is 101 cm³/mol. The van der Waals surface area contributed by atoms with Crippen molar-refractivity contribution < 1.29 is 9.90 Å². The van der Waals surface area contributed by atoms with Crippen LogP contribution in [0.3, 0.4) is 0 Å². The summed E-state index contributed by atoms with van der Waals surface area (Å²) in [5.74, 6) is -0.187. The molecule has 4 heteroatoms. The van der Waals surface area contributed by atoms with Crippen LogP contribution in [0.2, 0.25) is 0 Å². The van der Waals surface area contributed by atoms with Crippen LogP contribution >= 0.6 is 0 Å². The molecule has 1 amide bonds. The molecule has 1 unspecified atom stereocenters. The topological polar surface area (TPSA) is 62.2 Å². The van der Waals surface area contributed by atoms with Crippen LogP contribution in [-0.4, -0.2) is 28.6 Å². The number of rotatable bonds is 5. The highest BCUT2D eigenvalue weighted by atomic mass is 16.3. The molecule has 0 bridgehead atoms. The first-order valence-corrected chi connectivity index (χ1v) is 8.51. The summed E-state index contributed by atoms with van der Waals surface area (Å²) in [5.41, 5.74) is 4.27. The molecule has 128 valence electrons. The predicted octanol–water partition coefficient (Wildman–Crippen LogP) is 3.71. The lowest BCUT2D eigenvalue weighted by molar-refractivity contribution is 0.0916. The summed E-state index contributed by atoms with van der Waals surface area (Å²) in [5, 5.41) is 13.1. The summed E-state index contributed by atoms with van der Waals surface area (Å²) < 4.78 is 0. The fraction of sp³-hybridized carbons (Fsp3) is 0.238. The second kappa shape index (κ2) is 7.45. The second-order valence-corrected chi connectivity index (χ2v) is 6.20. The molecule has 0 spiro atoms. The molecule has 0 radical (unpaired) electrons. The third-order valence-electron chi connectivity index (χ3n) is 4.36. The molecular weight excluding hydrogens is 312 g/mol. The van der Waals surface area contributed by atoms with Crippen molar-refractivity contribution in [2.75, 3.05) is 6.61 Å². The number of aromatic nitrogens is 1. The fourth-order valence-electron chi connectivity index (χ4n) is 2.78. The molecule has 0 saturated carbocycles. The Morgan fingerprint density at radius 2 is 1.88 bits per heavy atom. The minimum Gasteiger partial charge on any atom is -0.394 e. The van der Waals surface area contributed by atoms with Gasteiger partial charge in [-0.15, -0.1) is 0 Å². The van der Waals surface area contributed by atoms with Crippen LogP contribution in [0.25, 0.3) is 22.2 Å². The first kappa shape index (κ1) is 17.1. The van der Waals surface area contributed by atoms with Crippen LogP contribution in [0.1, 0.15) is 29.3 Å². The molecule has 0 aliphatic carbocycles. The number of aliphatic hydroxyl groups excluding tert-OH is 1. The van der Waals surface area contributed by atoms with E-state index in [1.165, 1.54) is 5.56 Å². The molecule has 3 aromatic rings. The zero-order valence-corrected chi connectivity index (χ0v) is 14.5. The number of carbonyl (C=O) groups excluding carboxylic acids is 1. The molecule has 1 heterocycles. The molecule has 0 saturated heterocycles. The van der Waals surface area contributed by atoms with Crippen molar-refractivity contribution in [3.63, 3.8) is 0 Å². The number of pyridine rings is 1. The van der Waals surface area contributed by atoms with E-state index in [2.05, 4.69) is 5.32 Å². The van der Waals surface area contributed by atoms with Crippen LogP contribution in [0.5, 0.6) is 0 Å². The van der Waals surface area contributed by atoms with Crippen LogP contribution < -0.4 is 5.32 Å². The molecule has 3 rings (SSSR count). The van der Waals surface area contributed by atoms with E-state index in [1.54, 1.807) is 0 Å². The van der Waals surface area contributed by atoms with Crippen LogP contribution in [0, 0.1) is 6.92 Å². The number of aryl methyl sites for hydroxylation is 1. The monoisotopic (exact) mass is 334 g/mol. The summed E-state index contributed by atoms with van der Waals surface area (Å²) in [6.07, 6.45) is 0.677. The number of aliphatic hydroxyl groups is 1. The highest BCUT2D eigenvalue weighted by Crippen LogP contribution is 2.25. The Labute approximate surface area is 147 Å². The Morgan fingerprint density at radius 1 is 1.16 bits per heavy atom. The van der Waals surface area contributed by atoms with Gasteiger partial charge in [-0.3, -0.25) is 4.79 Å². The summed E-state index contributed by atoms with van der Waals surface area (Å²) >= 11 is 0. The molecule has 0 aliphatic heterocycles. The molecular formula is C21H22N2O2. The van der Waals surface area contributed by atoms with E-state index < -0.39 is 0 Å². The molecule has 4 nitrogen and oxygen atoms in total. The molecule has 1 atom stereocenters. The molecule has 2 aromatic carbocycles. The van der Waals surface area contributed by atoms with Gasteiger partial charge in [0.05, 0.1) is 29.4 Å². The van der Waals surface area contributed by atoms with Gasteiger partial charge in [0, 0.05) is 10.9 Å². The van der Waals surface area contributed by atoms with Gasteiger partial charge in [0.15, 0.2) is 0 Å². The zero-order valence-electron chi connectivity index (χ0n) is 14.5. The maximum absolute atomic E-state index is 12.8. The van der Waals surface area contributed by atoms with Gasteiger partial charge in [-0.1, -0.05) is 55.0 Å². The molecule has 2 N–H and O–H groups in total. The average molecular weight is 334 g/mol. The van der Waals surface area contributed by atoms with Gasteiger partial charge in [-0.05, 0) is 25.5 Å². The average Bonchev–Trinajstić information content (AvgIpc) is 2.65. The molecule has 25 heavy (non-hydrogen) atoms. The van der Waals surface area contributed by atoms with Gasteiger partial charge in [0.2, 0.25) is 0 Å². The third kappa shape index (κ3) is 3.69. The van der Waals surface area contributed by atoms with Crippen molar-refractivity contribution in [2.24, 2.45) is 0 Å². The number of benzene rings is 2. The fourth-order valence-corrected chi connectivity index (χ4v) is 2.78. The second-order valence-electron chi connectivity index (χ2n) is 6.20. The molecule has 0 aliphatic rings. The van der Waals surface area contributed by atoms with Crippen molar-refractivity contribution in [1.82, 2.24) is 10.3 Å². The highest BCUT2D eigenvalue weighted by molar-refractivity contribution is 6.07. The SMILES string of the molecule is CCC(CO)NC(=O)c1cc(-c2ccc(C)cc2)nc2ccccc12. The van der Waals surface area contributed by atoms with Gasteiger partial charge < -0.3 is 10.4 Å². The Kier molecular flexibility index (Phi) is 5.10. The van der Waals surface area contributed by atoms with E-state index in [1.807, 2.05) is 68.4 Å². The van der Waals surface area contributed by atoms with Gasteiger partial charge in [0.25, 0.3) is 5.91 Å². The third-order valence-corrected chi connectivity index (χ3v) is 4.36. The van der Waals surface area contributed by atoms with Crippen molar-refractivity contribution in [3.8, 4) is 11.3 Å². The number of carbonyl (C=O) groups is 1. The Hall–Kier alpha value is -2.72. The lowest BCUT2D eigenvalue weighted by Gasteiger charge is -2.16. The van der Waals surface area contributed by atoms with Crippen molar-refractivity contribution in [2.45, 2.75) is 26.3 Å². The number of fused-ring (bicyclic) bond motifs is 1. The maximum atomic E-state index is 12.8. The minimum atomic E-state index is -0.248. The largest absolute Gasteiger partial charge is 0.394 e. The zero-order chi connectivity index (χ0) is 17.8. The van der Waals surface area contributed by atoms with Crippen molar-refractivity contribution in [3.05, 3.63) is 65.7 Å². The Bertz CT molecular complexity index is 884. The highest BCUT2D eigenvalue weighted by Gasteiger charge is 2.16. The van der Waals surface area contributed by atoms with Crippen LogP contribution in [-0.2, 0) is 0 Å². The molecule has 0 fully saturated rings. The standard InChI is InChI=1S/C21H22N2O2/c1-3-16(13-24)22-21(25)18-12-20(15-10-8-14(2)9-11-15)23-19-7-5-4-6-17(18)19/h4-12,16,24H,3,13H2,1-2H3,(H,22,25). The summed E-state index contributed by atoms with van der Waals surface area (Å²) in [6.45, 7) is 3.90. The number of nitrogens with zero attached hydrogens (tertiary/aromatic N) is 1. The van der Waals surface area contributed by atoms with Crippen molar-refractivity contribution >= 4 is 16.8 Å². The van der Waals surface area contributed by atoms with E-state index in [4.69, 9.17) is 4.98 Å². The maximum Gasteiger partial charge on any atom is 0.252 e. The minimum absolute atomic E-state index is 0.0733. The van der Waals surface area contributed by atoms with Gasteiger partial charge in [-0.2, -0.15) is 0 Å². The Morgan fingerprint density at radius 3 is 2.56 bits per heavy atom. The van der Waals surface area contributed by atoms with Crippen LogP contribution in [0.4, 0.5) is 0 Å². The normalized spacial score (nSPS) is 12.1. The number of para-hydroxylation sites is 1. The summed E-state index contributed by atoms with van der Waals surface area (Å²) in [7, 11) is 0. The number of hydrogen-bond acceptors (Lipinski definition) is 3.